The third-order valence-corrected chi connectivity index (χ3v) is 4.56. The molecule has 2 heterocycles. The van der Waals surface area contributed by atoms with Gasteiger partial charge in [0.05, 0.1) is 25.9 Å². The molecule has 1 aromatic carbocycles. The first kappa shape index (κ1) is 17.6. The Balaban J connectivity index is 1.75. The normalized spacial score (nSPS) is 15.8. The summed E-state index contributed by atoms with van der Waals surface area (Å²) in [6, 6.07) is 12.7. The molecule has 134 valence electrons. The van der Waals surface area contributed by atoms with Gasteiger partial charge in [-0.1, -0.05) is 30.3 Å². The summed E-state index contributed by atoms with van der Waals surface area (Å²) in [5.74, 6) is 1.87. The number of likely N-dealkylation sites (N-methyl/N-ethyl adjacent to an activating group) is 1. The summed E-state index contributed by atoms with van der Waals surface area (Å²) in [6.45, 7) is 3.87. The average molecular weight is 342 g/mol. The maximum Gasteiger partial charge on any atom is 0.134 e. The Hall–Kier alpha value is -2.18. The van der Waals surface area contributed by atoms with E-state index in [1.807, 2.05) is 6.07 Å². The van der Waals surface area contributed by atoms with Crippen molar-refractivity contribution in [2.24, 2.45) is 0 Å². The second kappa shape index (κ2) is 8.78. The highest BCUT2D eigenvalue weighted by molar-refractivity contribution is 5.50. The Morgan fingerprint density at radius 1 is 1.20 bits per heavy atom. The van der Waals surface area contributed by atoms with Crippen LogP contribution in [0.5, 0.6) is 0 Å². The van der Waals surface area contributed by atoms with Crippen molar-refractivity contribution in [2.45, 2.75) is 12.5 Å². The molecule has 6 heteroatoms. The Kier molecular flexibility index (Phi) is 6.19. The first-order chi connectivity index (χ1) is 12.3. The number of nitrogens with zero attached hydrogens (tertiary/aromatic N) is 4. The second-order valence-electron chi connectivity index (χ2n) is 6.24. The number of anilines is 2. The van der Waals surface area contributed by atoms with Crippen LogP contribution in [-0.2, 0) is 15.9 Å². The van der Waals surface area contributed by atoms with Crippen molar-refractivity contribution in [3.05, 3.63) is 48.3 Å². The molecule has 0 bridgehead atoms. The molecule has 0 radical (unpaired) electrons. The number of morpholine rings is 1. The van der Waals surface area contributed by atoms with Crippen LogP contribution in [-0.4, -0.2) is 63.1 Å². The zero-order valence-corrected chi connectivity index (χ0v) is 15.0. The topological polar surface area (TPSA) is 50.7 Å². The van der Waals surface area contributed by atoms with Crippen LogP contribution in [0.1, 0.15) is 5.56 Å². The van der Waals surface area contributed by atoms with E-state index in [2.05, 4.69) is 57.1 Å². The minimum Gasteiger partial charge on any atom is -0.383 e. The zero-order valence-electron chi connectivity index (χ0n) is 15.0. The van der Waals surface area contributed by atoms with Crippen molar-refractivity contribution in [3.8, 4) is 0 Å². The average Bonchev–Trinajstić information content (AvgIpc) is 2.69. The number of aromatic nitrogens is 2. The number of benzene rings is 1. The van der Waals surface area contributed by atoms with Crippen LogP contribution in [0.3, 0.4) is 0 Å². The third kappa shape index (κ3) is 4.67. The quantitative estimate of drug-likeness (QED) is 0.767. The van der Waals surface area contributed by atoms with Gasteiger partial charge in [-0.15, -0.1) is 0 Å². The van der Waals surface area contributed by atoms with E-state index in [1.54, 1.807) is 13.4 Å². The smallest absolute Gasteiger partial charge is 0.134 e. The van der Waals surface area contributed by atoms with Gasteiger partial charge in [0.2, 0.25) is 0 Å². The number of hydrogen-bond acceptors (Lipinski definition) is 6. The second-order valence-corrected chi connectivity index (χ2v) is 6.24. The van der Waals surface area contributed by atoms with Crippen molar-refractivity contribution < 1.29 is 9.47 Å². The lowest BCUT2D eigenvalue weighted by Crippen LogP contribution is -2.39. The maximum absolute atomic E-state index is 5.45. The Bertz CT molecular complexity index is 647. The summed E-state index contributed by atoms with van der Waals surface area (Å²) in [4.78, 5) is 13.3. The van der Waals surface area contributed by atoms with Gasteiger partial charge in [-0.2, -0.15) is 0 Å². The molecular formula is C19H26N4O2. The molecule has 1 atom stereocenters. The SMILES string of the molecule is COC[C@@H](Cc1ccccc1)N(C)c1cc(N2CCOCC2)ncn1. The van der Waals surface area contributed by atoms with Crippen LogP contribution in [0.15, 0.2) is 42.7 Å². The molecule has 1 saturated heterocycles. The fraction of sp³-hybridized carbons (Fsp3) is 0.474. The van der Waals surface area contributed by atoms with Gasteiger partial charge in [0.1, 0.15) is 18.0 Å². The number of ether oxygens (including phenoxy) is 2. The van der Waals surface area contributed by atoms with Gasteiger partial charge in [-0.05, 0) is 12.0 Å². The van der Waals surface area contributed by atoms with Crippen molar-refractivity contribution >= 4 is 11.6 Å². The van der Waals surface area contributed by atoms with E-state index >= 15 is 0 Å². The fourth-order valence-corrected chi connectivity index (χ4v) is 3.07. The molecule has 0 aliphatic carbocycles. The predicted molar refractivity (Wildman–Crippen MR) is 99.3 cm³/mol. The van der Waals surface area contributed by atoms with E-state index in [4.69, 9.17) is 9.47 Å². The van der Waals surface area contributed by atoms with Crippen LogP contribution in [0, 0.1) is 0 Å². The van der Waals surface area contributed by atoms with Gasteiger partial charge in [-0.25, -0.2) is 9.97 Å². The molecule has 1 aliphatic heterocycles. The minimum atomic E-state index is 0.208. The van der Waals surface area contributed by atoms with Gasteiger partial charge < -0.3 is 19.3 Å². The van der Waals surface area contributed by atoms with Crippen LogP contribution >= 0.6 is 0 Å². The lowest BCUT2D eigenvalue weighted by molar-refractivity contribution is 0.122. The molecule has 0 unspecified atom stereocenters. The fourth-order valence-electron chi connectivity index (χ4n) is 3.07. The van der Waals surface area contributed by atoms with Crippen LogP contribution in [0.4, 0.5) is 11.6 Å². The number of hydrogen-bond donors (Lipinski definition) is 0. The summed E-state index contributed by atoms with van der Waals surface area (Å²) in [5.41, 5.74) is 1.29. The van der Waals surface area contributed by atoms with E-state index in [0.717, 1.165) is 44.4 Å². The molecule has 0 saturated carbocycles. The Morgan fingerprint density at radius 3 is 2.68 bits per heavy atom. The van der Waals surface area contributed by atoms with Crippen LogP contribution in [0.25, 0.3) is 0 Å². The van der Waals surface area contributed by atoms with Gasteiger partial charge in [0.15, 0.2) is 0 Å². The monoisotopic (exact) mass is 342 g/mol. The van der Waals surface area contributed by atoms with E-state index in [9.17, 15) is 0 Å². The first-order valence-electron chi connectivity index (χ1n) is 8.68. The number of rotatable bonds is 7. The Morgan fingerprint density at radius 2 is 1.96 bits per heavy atom. The molecule has 25 heavy (non-hydrogen) atoms. The summed E-state index contributed by atoms with van der Waals surface area (Å²) in [7, 11) is 3.81. The molecule has 0 spiro atoms. The lowest BCUT2D eigenvalue weighted by Gasteiger charge is -2.31. The van der Waals surface area contributed by atoms with E-state index in [-0.39, 0.29) is 6.04 Å². The summed E-state index contributed by atoms with van der Waals surface area (Å²) < 4.78 is 10.9. The molecule has 3 rings (SSSR count). The van der Waals surface area contributed by atoms with Crippen molar-refractivity contribution in [1.82, 2.24) is 9.97 Å². The highest BCUT2D eigenvalue weighted by Crippen LogP contribution is 2.20. The minimum absolute atomic E-state index is 0.208. The van der Waals surface area contributed by atoms with Crippen LogP contribution < -0.4 is 9.80 Å². The number of methoxy groups -OCH3 is 1. The van der Waals surface area contributed by atoms with Gasteiger partial charge >= 0.3 is 0 Å². The lowest BCUT2D eigenvalue weighted by atomic mass is 10.1. The van der Waals surface area contributed by atoms with Gasteiger partial charge in [0.25, 0.3) is 0 Å². The zero-order chi connectivity index (χ0) is 17.5. The predicted octanol–water partition coefficient (Wildman–Crippen LogP) is 2.01. The molecule has 0 amide bonds. The molecule has 1 aliphatic rings. The summed E-state index contributed by atoms with van der Waals surface area (Å²) in [5, 5.41) is 0. The van der Waals surface area contributed by atoms with E-state index in [0.29, 0.717) is 6.61 Å². The molecule has 6 nitrogen and oxygen atoms in total. The first-order valence-corrected chi connectivity index (χ1v) is 8.68. The largest absolute Gasteiger partial charge is 0.383 e. The Labute approximate surface area is 149 Å². The van der Waals surface area contributed by atoms with Crippen molar-refractivity contribution in [2.75, 3.05) is 56.9 Å². The van der Waals surface area contributed by atoms with Crippen molar-refractivity contribution in [1.29, 1.82) is 0 Å². The maximum atomic E-state index is 5.45. The molecule has 2 aromatic rings. The van der Waals surface area contributed by atoms with Crippen LogP contribution in [0.2, 0.25) is 0 Å². The summed E-state index contributed by atoms with van der Waals surface area (Å²) in [6.07, 6.45) is 2.55. The van der Waals surface area contributed by atoms with E-state index in [1.165, 1.54) is 5.56 Å². The van der Waals surface area contributed by atoms with Gasteiger partial charge in [0, 0.05) is 33.3 Å². The van der Waals surface area contributed by atoms with Crippen molar-refractivity contribution in [3.63, 3.8) is 0 Å². The summed E-state index contributed by atoms with van der Waals surface area (Å²) >= 11 is 0. The standard InChI is InChI=1S/C19H26N4O2/c1-22(17(14-24-2)12-16-6-4-3-5-7-16)18-13-19(21-15-20-18)23-8-10-25-11-9-23/h3-7,13,15,17H,8-12,14H2,1-2H3/t17-/m1/s1. The molecule has 1 fully saturated rings. The highest BCUT2D eigenvalue weighted by atomic mass is 16.5. The molecular weight excluding hydrogens is 316 g/mol. The molecule has 0 N–H and O–H groups in total. The molecule has 1 aromatic heterocycles. The van der Waals surface area contributed by atoms with Gasteiger partial charge in [-0.3, -0.25) is 0 Å². The van der Waals surface area contributed by atoms with E-state index < -0.39 is 0 Å². The highest BCUT2D eigenvalue weighted by Gasteiger charge is 2.19. The third-order valence-electron chi connectivity index (χ3n) is 4.56.